The van der Waals surface area contributed by atoms with Crippen molar-refractivity contribution in [2.24, 2.45) is 5.73 Å². The maximum absolute atomic E-state index is 12.0. The van der Waals surface area contributed by atoms with E-state index in [2.05, 4.69) is 37.1 Å². The van der Waals surface area contributed by atoms with Crippen LogP contribution < -0.4 is 16.4 Å². The summed E-state index contributed by atoms with van der Waals surface area (Å²) in [6, 6.07) is 5.43. The van der Waals surface area contributed by atoms with Crippen molar-refractivity contribution in [3.63, 3.8) is 0 Å². The lowest BCUT2D eigenvalue weighted by molar-refractivity contribution is 0.252. The molecule has 0 saturated heterocycles. The Labute approximate surface area is 178 Å². The van der Waals surface area contributed by atoms with Gasteiger partial charge in [-0.15, -0.1) is 0 Å². The van der Waals surface area contributed by atoms with Crippen molar-refractivity contribution in [1.82, 2.24) is 29.7 Å². The third kappa shape index (κ3) is 4.01. The fourth-order valence-electron chi connectivity index (χ4n) is 3.25. The Balaban J connectivity index is 1.90. The van der Waals surface area contributed by atoms with Gasteiger partial charge in [0.2, 0.25) is 11.7 Å². The third-order valence-electron chi connectivity index (χ3n) is 4.61. The lowest BCUT2D eigenvalue weighted by atomic mass is 10.00. The number of allylic oxidation sites excluding steroid dienone is 4. The predicted octanol–water partition coefficient (Wildman–Crippen LogP) is 3.46. The molecule has 156 valence electrons. The molecule has 0 spiro atoms. The lowest BCUT2D eigenvalue weighted by Crippen LogP contribution is -2.28. The lowest BCUT2D eigenvalue weighted by Gasteiger charge is -2.06. The van der Waals surface area contributed by atoms with E-state index in [1.165, 1.54) is 6.20 Å². The summed E-state index contributed by atoms with van der Waals surface area (Å²) in [6.07, 6.45) is 12.3. The van der Waals surface area contributed by atoms with Crippen LogP contribution in [0.5, 0.6) is 0 Å². The first-order chi connectivity index (χ1) is 15.1. The average Bonchev–Trinajstić information content (AvgIpc) is 3.37. The zero-order chi connectivity index (χ0) is 21.8. The number of carbonyl (C=O) groups is 1. The smallest absolute Gasteiger partial charge is 0.321 e. The minimum atomic E-state index is -0.333. The van der Waals surface area contributed by atoms with Crippen molar-refractivity contribution in [2.45, 2.75) is 6.92 Å². The van der Waals surface area contributed by atoms with Crippen molar-refractivity contribution < 1.29 is 4.79 Å². The molecule has 31 heavy (non-hydrogen) atoms. The molecule has 5 N–H and O–H groups in total. The van der Waals surface area contributed by atoms with Crippen molar-refractivity contribution >= 4 is 34.4 Å². The van der Waals surface area contributed by atoms with Gasteiger partial charge in [-0.2, -0.15) is 0 Å². The van der Waals surface area contributed by atoms with Crippen LogP contribution in [0, 0.1) is 0 Å². The Morgan fingerprint density at radius 3 is 2.97 bits per heavy atom. The van der Waals surface area contributed by atoms with Gasteiger partial charge >= 0.3 is 6.03 Å². The number of carbonyl (C=O) groups excluding carboxylic acids is 1. The molecular weight excluding hydrogens is 392 g/mol. The maximum Gasteiger partial charge on any atom is 0.321 e. The van der Waals surface area contributed by atoms with Crippen molar-refractivity contribution in [3.05, 3.63) is 73.4 Å². The van der Waals surface area contributed by atoms with Gasteiger partial charge in [-0.25, -0.2) is 19.7 Å². The highest BCUT2D eigenvalue weighted by atomic mass is 16.2. The van der Waals surface area contributed by atoms with Gasteiger partial charge in [0.25, 0.3) is 0 Å². The highest BCUT2D eigenvalue weighted by molar-refractivity contribution is 5.98. The molecule has 3 aromatic heterocycles. The summed E-state index contributed by atoms with van der Waals surface area (Å²) in [5, 5.41) is 5.41. The van der Waals surface area contributed by atoms with Gasteiger partial charge in [-0.05, 0) is 48.5 Å². The van der Waals surface area contributed by atoms with Gasteiger partial charge in [0.1, 0.15) is 5.52 Å². The summed E-state index contributed by atoms with van der Waals surface area (Å²) in [5.74, 6) is 0.921. The fourth-order valence-corrected chi connectivity index (χ4v) is 3.25. The van der Waals surface area contributed by atoms with E-state index >= 15 is 0 Å². The molecule has 0 bridgehead atoms. The second-order valence-corrected chi connectivity index (χ2v) is 6.65. The molecule has 9 heteroatoms. The van der Waals surface area contributed by atoms with Gasteiger partial charge < -0.3 is 16.0 Å². The van der Waals surface area contributed by atoms with Crippen LogP contribution in [0.4, 0.5) is 10.7 Å². The first kappa shape index (κ1) is 19.9. The molecule has 0 saturated carbocycles. The van der Waals surface area contributed by atoms with E-state index in [-0.39, 0.29) is 6.03 Å². The number of amides is 2. The molecule has 9 nitrogen and oxygen atoms in total. The van der Waals surface area contributed by atoms with Gasteiger partial charge in [-0.1, -0.05) is 18.7 Å². The molecule has 3 heterocycles. The molecule has 0 atom stereocenters. The standard InChI is InChI=1S/C22H22N8O/c1-3-14(7-5-8-23)15-11-16(18-13-30-10-6-9-25-21(30)27-18)19-17(12-15)26-20(28-19)29-22(31)24-4-2/h3,5-13H,1,4,23H2,2H3,(H3,24,26,28,29,31)/b8-5-,14-7+. The summed E-state index contributed by atoms with van der Waals surface area (Å²) in [4.78, 5) is 28.6. The highest BCUT2D eigenvalue weighted by Crippen LogP contribution is 2.32. The molecule has 0 unspecified atom stereocenters. The summed E-state index contributed by atoms with van der Waals surface area (Å²) < 4.78 is 1.84. The zero-order valence-corrected chi connectivity index (χ0v) is 17.0. The van der Waals surface area contributed by atoms with Crippen molar-refractivity contribution in [1.29, 1.82) is 0 Å². The Morgan fingerprint density at radius 1 is 1.35 bits per heavy atom. The van der Waals surface area contributed by atoms with Crippen LogP contribution >= 0.6 is 0 Å². The zero-order valence-electron chi connectivity index (χ0n) is 17.0. The molecule has 0 aliphatic heterocycles. The Kier molecular flexibility index (Phi) is 5.48. The number of hydrogen-bond acceptors (Lipinski definition) is 5. The highest BCUT2D eigenvalue weighted by Gasteiger charge is 2.16. The minimum Gasteiger partial charge on any atom is -0.405 e. The van der Waals surface area contributed by atoms with E-state index in [9.17, 15) is 4.79 Å². The number of imidazole rings is 2. The normalized spacial score (nSPS) is 12.0. The first-order valence-corrected chi connectivity index (χ1v) is 9.73. The maximum atomic E-state index is 12.0. The van der Waals surface area contributed by atoms with Gasteiger partial charge in [0.05, 0.1) is 11.2 Å². The SMILES string of the molecule is C=C/C(=C\C=C/N)c1cc(-c2cn3cccnc3n2)c2nc(NC(=O)NCC)[nH]c2c1. The number of anilines is 1. The number of aromatic amines is 1. The monoisotopic (exact) mass is 414 g/mol. The van der Waals surface area contributed by atoms with Crippen LogP contribution in [0.1, 0.15) is 12.5 Å². The first-order valence-electron chi connectivity index (χ1n) is 9.73. The third-order valence-corrected chi connectivity index (χ3v) is 4.61. The van der Waals surface area contributed by atoms with E-state index in [4.69, 9.17) is 5.73 Å². The number of benzene rings is 1. The van der Waals surface area contributed by atoms with Crippen LogP contribution in [0.2, 0.25) is 0 Å². The molecule has 4 aromatic rings. The van der Waals surface area contributed by atoms with Gasteiger partial charge in [0.15, 0.2) is 0 Å². The average molecular weight is 414 g/mol. The van der Waals surface area contributed by atoms with Crippen molar-refractivity contribution in [2.75, 3.05) is 11.9 Å². The van der Waals surface area contributed by atoms with Crippen LogP contribution in [0.15, 0.2) is 67.8 Å². The number of nitrogens with zero attached hydrogens (tertiary/aromatic N) is 4. The molecule has 0 fully saturated rings. The number of aromatic nitrogens is 5. The summed E-state index contributed by atoms with van der Waals surface area (Å²) in [6.45, 7) is 6.27. The van der Waals surface area contributed by atoms with Crippen LogP contribution in [-0.2, 0) is 0 Å². The summed E-state index contributed by atoms with van der Waals surface area (Å²) in [7, 11) is 0. The number of rotatable bonds is 6. The van der Waals surface area contributed by atoms with Crippen molar-refractivity contribution in [3.8, 4) is 11.3 Å². The van der Waals surface area contributed by atoms with Crippen LogP contribution in [0.3, 0.4) is 0 Å². The number of H-pyrrole nitrogens is 1. The quantitative estimate of drug-likeness (QED) is 0.360. The molecule has 4 rings (SSSR count). The Morgan fingerprint density at radius 2 is 2.23 bits per heavy atom. The van der Waals surface area contributed by atoms with E-state index in [1.807, 2.05) is 48.0 Å². The number of fused-ring (bicyclic) bond motifs is 2. The number of hydrogen-bond donors (Lipinski definition) is 4. The van der Waals surface area contributed by atoms with E-state index in [1.54, 1.807) is 18.3 Å². The van der Waals surface area contributed by atoms with Gasteiger partial charge in [-0.3, -0.25) is 9.72 Å². The number of nitrogens with two attached hydrogens (primary N) is 1. The molecule has 2 amide bonds. The number of urea groups is 1. The van der Waals surface area contributed by atoms with E-state index in [0.29, 0.717) is 29.5 Å². The predicted molar refractivity (Wildman–Crippen MR) is 122 cm³/mol. The second kappa shape index (κ2) is 8.54. The topological polar surface area (TPSA) is 126 Å². The number of nitrogens with one attached hydrogen (secondary N) is 3. The van der Waals surface area contributed by atoms with E-state index < -0.39 is 0 Å². The van der Waals surface area contributed by atoms with Gasteiger partial charge in [0, 0.05) is 30.7 Å². The Hall–Kier alpha value is -4.40. The van der Waals surface area contributed by atoms with E-state index in [0.717, 1.165) is 22.2 Å². The minimum absolute atomic E-state index is 0.333. The fraction of sp³-hybridized carbons (Fsp3) is 0.0909. The molecule has 0 aliphatic rings. The second-order valence-electron chi connectivity index (χ2n) is 6.65. The molecule has 0 aliphatic carbocycles. The summed E-state index contributed by atoms with van der Waals surface area (Å²) >= 11 is 0. The molecule has 1 aromatic carbocycles. The Bertz CT molecular complexity index is 1300. The summed E-state index contributed by atoms with van der Waals surface area (Å²) in [5.41, 5.74) is 10.2. The molecular formula is C22H22N8O. The van der Waals surface area contributed by atoms with Crippen LogP contribution in [0.25, 0.3) is 33.6 Å². The largest absolute Gasteiger partial charge is 0.405 e. The van der Waals surface area contributed by atoms with Crippen LogP contribution in [-0.4, -0.2) is 36.9 Å². The molecule has 0 radical (unpaired) electrons.